The molecule has 0 aromatic carbocycles. The van der Waals surface area contributed by atoms with E-state index in [9.17, 15) is 14.4 Å². The molecule has 3 rings (SSSR count). The van der Waals surface area contributed by atoms with E-state index in [0.29, 0.717) is 23.3 Å². The minimum atomic E-state index is -1.11. The number of fused-ring (bicyclic) bond motifs is 3. The zero-order valence-corrected chi connectivity index (χ0v) is 15.6. The van der Waals surface area contributed by atoms with Crippen molar-refractivity contribution < 1.29 is 23.9 Å². The first-order chi connectivity index (χ1) is 12.2. The molecule has 2 heterocycles. The van der Waals surface area contributed by atoms with Gasteiger partial charge in [0.05, 0.1) is 0 Å². The topological polar surface area (TPSA) is 69.7 Å². The predicted octanol–water partition coefficient (Wildman–Crippen LogP) is 3.22. The van der Waals surface area contributed by atoms with Gasteiger partial charge in [-0.05, 0) is 44.8 Å². The van der Waals surface area contributed by atoms with Crippen molar-refractivity contribution in [2.45, 2.75) is 52.2 Å². The minimum absolute atomic E-state index is 0.0212. The van der Waals surface area contributed by atoms with Crippen molar-refractivity contribution in [3.05, 3.63) is 47.3 Å². The summed E-state index contributed by atoms with van der Waals surface area (Å²) in [6, 6.07) is 0. The molecule has 26 heavy (non-hydrogen) atoms. The summed E-state index contributed by atoms with van der Waals surface area (Å²) in [4.78, 5) is 37.2. The summed E-state index contributed by atoms with van der Waals surface area (Å²) in [5.41, 5.74) is 0.639. The summed E-state index contributed by atoms with van der Waals surface area (Å²) in [6.45, 7) is 10.9. The molecular formula is C21H24O5. The van der Waals surface area contributed by atoms with E-state index >= 15 is 0 Å². The second kappa shape index (κ2) is 6.38. The Labute approximate surface area is 153 Å². The summed E-state index contributed by atoms with van der Waals surface area (Å²) >= 11 is 0. The van der Waals surface area contributed by atoms with Crippen molar-refractivity contribution in [1.29, 1.82) is 0 Å². The van der Waals surface area contributed by atoms with Gasteiger partial charge in [0.15, 0.2) is 11.4 Å². The highest BCUT2D eigenvalue weighted by atomic mass is 16.6. The van der Waals surface area contributed by atoms with E-state index in [0.717, 1.165) is 5.57 Å². The number of Topliss-reactive ketones (excluding diaryl/α,β-unsaturated/α-hetero) is 1. The average Bonchev–Trinajstić information content (AvgIpc) is 3.03. The lowest BCUT2D eigenvalue weighted by atomic mass is 9.81. The second-order valence-corrected chi connectivity index (χ2v) is 7.52. The van der Waals surface area contributed by atoms with Gasteiger partial charge in [-0.1, -0.05) is 18.7 Å². The fraction of sp³-hybridized carbons (Fsp3) is 0.476. The number of ether oxygens (including phenoxy) is 2. The SMILES string of the molecule is C=C1C(=O)CC2C=C(C)C3=CC(=O)C(C)(CC(OC(=O)C(C)=CC)C12)O3. The molecule has 3 aliphatic rings. The number of carbonyl (C=O) groups excluding carboxylic acids is 3. The van der Waals surface area contributed by atoms with E-state index in [1.54, 1.807) is 26.8 Å². The van der Waals surface area contributed by atoms with E-state index in [1.807, 2.05) is 13.0 Å². The first-order valence-electron chi connectivity index (χ1n) is 8.86. The summed E-state index contributed by atoms with van der Waals surface area (Å²) < 4.78 is 11.7. The maximum atomic E-state index is 12.5. The van der Waals surface area contributed by atoms with E-state index in [-0.39, 0.29) is 29.8 Å². The van der Waals surface area contributed by atoms with Crippen molar-refractivity contribution in [3.8, 4) is 0 Å². The van der Waals surface area contributed by atoms with Crippen LogP contribution in [0, 0.1) is 11.8 Å². The molecule has 0 aromatic heterocycles. The Bertz CT molecular complexity index is 797. The maximum absolute atomic E-state index is 12.5. The van der Waals surface area contributed by atoms with Gasteiger partial charge in [-0.2, -0.15) is 0 Å². The number of ketones is 2. The lowest BCUT2D eigenvalue weighted by Crippen LogP contribution is -2.42. The maximum Gasteiger partial charge on any atom is 0.333 e. The zero-order chi connectivity index (χ0) is 19.2. The molecule has 4 unspecified atom stereocenters. The van der Waals surface area contributed by atoms with E-state index < -0.39 is 17.7 Å². The Hall–Kier alpha value is -2.43. The Morgan fingerprint density at radius 2 is 2.12 bits per heavy atom. The number of hydrogen-bond donors (Lipinski definition) is 0. The van der Waals surface area contributed by atoms with Gasteiger partial charge in [-0.25, -0.2) is 4.79 Å². The molecule has 5 nitrogen and oxygen atoms in total. The van der Waals surface area contributed by atoms with Gasteiger partial charge in [0, 0.05) is 30.4 Å². The summed E-state index contributed by atoms with van der Waals surface area (Å²) in [7, 11) is 0. The third-order valence-electron chi connectivity index (χ3n) is 5.62. The molecule has 138 valence electrons. The van der Waals surface area contributed by atoms with E-state index in [4.69, 9.17) is 9.47 Å². The molecule has 1 fully saturated rings. The lowest BCUT2D eigenvalue weighted by molar-refractivity contribution is -0.153. The minimum Gasteiger partial charge on any atom is -0.479 e. The smallest absolute Gasteiger partial charge is 0.333 e. The highest BCUT2D eigenvalue weighted by Gasteiger charge is 2.50. The number of hydrogen-bond acceptors (Lipinski definition) is 5. The molecule has 0 N–H and O–H groups in total. The highest BCUT2D eigenvalue weighted by molar-refractivity contribution is 6.01. The van der Waals surface area contributed by atoms with Crippen LogP contribution >= 0.6 is 0 Å². The van der Waals surface area contributed by atoms with Gasteiger partial charge in [0.1, 0.15) is 11.9 Å². The summed E-state index contributed by atoms with van der Waals surface area (Å²) in [5.74, 6) is -0.575. The summed E-state index contributed by atoms with van der Waals surface area (Å²) in [5, 5.41) is 0. The van der Waals surface area contributed by atoms with Crippen LogP contribution in [0.25, 0.3) is 0 Å². The van der Waals surface area contributed by atoms with E-state index in [2.05, 4.69) is 6.58 Å². The van der Waals surface area contributed by atoms with Crippen LogP contribution in [0.5, 0.6) is 0 Å². The molecule has 1 saturated carbocycles. The average molecular weight is 356 g/mol. The molecule has 0 radical (unpaired) electrons. The van der Waals surface area contributed by atoms with Crippen LogP contribution in [0.1, 0.15) is 40.5 Å². The Kier molecular flexibility index (Phi) is 4.51. The van der Waals surface area contributed by atoms with Crippen LogP contribution in [0.2, 0.25) is 0 Å². The molecule has 2 aliphatic heterocycles. The molecular weight excluding hydrogens is 332 g/mol. The largest absolute Gasteiger partial charge is 0.479 e. The van der Waals surface area contributed by atoms with E-state index in [1.165, 1.54) is 6.08 Å². The molecule has 1 aliphatic carbocycles. The van der Waals surface area contributed by atoms with Crippen LogP contribution in [0.15, 0.2) is 47.3 Å². The van der Waals surface area contributed by atoms with Crippen LogP contribution in [0.4, 0.5) is 0 Å². The van der Waals surface area contributed by atoms with Crippen LogP contribution in [-0.4, -0.2) is 29.2 Å². The monoisotopic (exact) mass is 356 g/mol. The molecule has 0 aromatic rings. The number of esters is 1. The van der Waals surface area contributed by atoms with Crippen LogP contribution in [0.3, 0.4) is 0 Å². The number of allylic oxidation sites excluding steroid dienone is 3. The molecule has 0 spiro atoms. The second-order valence-electron chi connectivity index (χ2n) is 7.52. The molecule has 4 atom stereocenters. The van der Waals surface area contributed by atoms with Crippen molar-refractivity contribution in [3.63, 3.8) is 0 Å². The fourth-order valence-electron chi connectivity index (χ4n) is 3.89. The lowest BCUT2D eigenvalue weighted by Gasteiger charge is -2.32. The van der Waals surface area contributed by atoms with Crippen LogP contribution < -0.4 is 0 Å². The molecule has 0 amide bonds. The Balaban J connectivity index is 2.05. The number of carbonyl (C=O) groups is 3. The molecule has 2 bridgehead atoms. The van der Waals surface area contributed by atoms with Gasteiger partial charge in [-0.3, -0.25) is 9.59 Å². The fourth-order valence-corrected chi connectivity index (χ4v) is 3.89. The van der Waals surface area contributed by atoms with Crippen molar-refractivity contribution in [2.75, 3.05) is 0 Å². The zero-order valence-electron chi connectivity index (χ0n) is 15.6. The van der Waals surface area contributed by atoms with Gasteiger partial charge in [0.2, 0.25) is 5.78 Å². The van der Waals surface area contributed by atoms with Gasteiger partial charge < -0.3 is 9.47 Å². The third-order valence-corrected chi connectivity index (χ3v) is 5.62. The highest BCUT2D eigenvalue weighted by Crippen LogP contribution is 2.45. The van der Waals surface area contributed by atoms with Crippen molar-refractivity contribution in [1.82, 2.24) is 0 Å². The van der Waals surface area contributed by atoms with Crippen molar-refractivity contribution >= 4 is 17.5 Å². The first kappa shape index (κ1) is 18.4. The summed E-state index contributed by atoms with van der Waals surface area (Å²) in [6.07, 6.45) is 4.96. The number of rotatable bonds is 2. The Morgan fingerprint density at radius 3 is 2.77 bits per heavy atom. The quantitative estimate of drug-likeness (QED) is 0.561. The van der Waals surface area contributed by atoms with Gasteiger partial charge in [0.25, 0.3) is 0 Å². The van der Waals surface area contributed by atoms with Crippen molar-refractivity contribution in [2.24, 2.45) is 11.8 Å². The first-order valence-corrected chi connectivity index (χ1v) is 8.86. The van der Waals surface area contributed by atoms with Crippen LogP contribution in [-0.2, 0) is 23.9 Å². The predicted molar refractivity (Wildman–Crippen MR) is 96.0 cm³/mol. The molecule has 5 heteroatoms. The Morgan fingerprint density at radius 1 is 1.42 bits per heavy atom. The van der Waals surface area contributed by atoms with Gasteiger partial charge >= 0.3 is 5.97 Å². The third kappa shape index (κ3) is 2.96. The normalized spacial score (nSPS) is 34.2. The molecule has 0 saturated heterocycles. The standard InChI is InChI=1S/C21H24O5/c1-6-11(2)20(24)25-17-10-21(5)18(23)9-16(26-21)12(3)7-14-8-15(22)13(4)19(14)17/h6-7,9,14,17,19H,4,8,10H2,1-3,5H3. The van der Waals surface area contributed by atoms with Gasteiger partial charge in [-0.15, -0.1) is 0 Å².